The maximum atomic E-state index is 13.3. The Morgan fingerprint density at radius 3 is 2.73 bits per heavy atom. The molecule has 2 heterocycles. The Hall–Kier alpha value is -2.54. The monoisotopic (exact) mass is 372 g/mol. The van der Waals surface area contributed by atoms with Gasteiger partial charge in [-0.25, -0.2) is 8.42 Å². The van der Waals surface area contributed by atoms with Crippen LogP contribution in [0, 0.1) is 5.92 Å². The summed E-state index contributed by atoms with van der Waals surface area (Å²) in [5.74, 6) is 0.804. The standard InChI is InChI=1S/C19H20N2O4S/c1-12-7-14-8-15(25-2)3-6-18(14)21(11-12)26(23,24)16-4-5-17-13(9-16)10-19(22)20-17/h3-6,8-9,12H,7,10-11H2,1-2H3,(H,20,22). The first-order chi connectivity index (χ1) is 12.4. The maximum absolute atomic E-state index is 13.3. The fraction of sp³-hybridized carbons (Fsp3) is 0.316. The molecule has 2 aliphatic heterocycles. The van der Waals surface area contributed by atoms with E-state index in [1.165, 1.54) is 4.31 Å². The summed E-state index contributed by atoms with van der Waals surface area (Å²) in [6.07, 6.45) is 1.02. The quantitative estimate of drug-likeness (QED) is 0.899. The van der Waals surface area contributed by atoms with E-state index in [-0.39, 0.29) is 23.1 Å². The van der Waals surface area contributed by atoms with Gasteiger partial charge in [-0.05, 0) is 59.9 Å². The van der Waals surface area contributed by atoms with Gasteiger partial charge in [0.1, 0.15) is 5.75 Å². The molecule has 0 saturated heterocycles. The van der Waals surface area contributed by atoms with E-state index in [0.717, 1.165) is 23.3 Å². The predicted molar refractivity (Wildman–Crippen MR) is 99.2 cm³/mol. The van der Waals surface area contributed by atoms with E-state index in [2.05, 4.69) is 5.32 Å². The Kier molecular flexibility index (Phi) is 3.91. The van der Waals surface area contributed by atoms with Gasteiger partial charge < -0.3 is 10.1 Å². The SMILES string of the molecule is COc1ccc2c(c1)CC(C)CN2S(=O)(=O)c1ccc2c(c1)CC(=O)N2. The lowest BCUT2D eigenvalue weighted by atomic mass is 9.95. The van der Waals surface area contributed by atoms with Gasteiger partial charge in [0.25, 0.3) is 10.0 Å². The van der Waals surface area contributed by atoms with Gasteiger partial charge in [0, 0.05) is 12.2 Å². The molecule has 0 aliphatic carbocycles. The van der Waals surface area contributed by atoms with E-state index in [1.54, 1.807) is 37.4 Å². The van der Waals surface area contributed by atoms with Crippen LogP contribution in [0.15, 0.2) is 41.3 Å². The van der Waals surface area contributed by atoms with Gasteiger partial charge in [-0.3, -0.25) is 9.10 Å². The second kappa shape index (κ2) is 6.02. The van der Waals surface area contributed by atoms with Gasteiger partial charge in [0.2, 0.25) is 5.91 Å². The number of benzene rings is 2. The van der Waals surface area contributed by atoms with Crippen LogP contribution in [-0.4, -0.2) is 28.0 Å². The lowest BCUT2D eigenvalue weighted by Gasteiger charge is -2.34. The Bertz CT molecular complexity index is 1000. The number of fused-ring (bicyclic) bond motifs is 2. The van der Waals surface area contributed by atoms with Gasteiger partial charge in [0.15, 0.2) is 0 Å². The number of ether oxygens (including phenoxy) is 1. The van der Waals surface area contributed by atoms with Gasteiger partial charge in [-0.2, -0.15) is 0 Å². The Morgan fingerprint density at radius 2 is 1.96 bits per heavy atom. The van der Waals surface area contributed by atoms with Crippen LogP contribution < -0.4 is 14.4 Å². The molecule has 0 spiro atoms. The van der Waals surface area contributed by atoms with E-state index in [1.807, 2.05) is 13.0 Å². The van der Waals surface area contributed by atoms with E-state index in [0.29, 0.717) is 17.9 Å². The minimum atomic E-state index is -3.71. The van der Waals surface area contributed by atoms with Gasteiger partial charge >= 0.3 is 0 Å². The third-order valence-corrected chi connectivity index (χ3v) is 6.67. The van der Waals surface area contributed by atoms with Crippen molar-refractivity contribution in [2.45, 2.75) is 24.7 Å². The lowest BCUT2D eigenvalue weighted by molar-refractivity contribution is -0.115. The first kappa shape index (κ1) is 16.9. The average Bonchev–Trinajstić information content (AvgIpc) is 2.99. The fourth-order valence-corrected chi connectivity index (χ4v) is 5.31. The molecule has 136 valence electrons. The molecule has 0 fully saturated rings. The third kappa shape index (κ3) is 2.72. The van der Waals surface area contributed by atoms with Crippen molar-refractivity contribution in [2.24, 2.45) is 5.92 Å². The smallest absolute Gasteiger partial charge is 0.264 e. The molecular formula is C19H20N2O4S. The summed E-state index contributed by atoms with van der Waals surface area (Å²) >= 11 is 0. The molecule has 1 unspecified atom stereocenters. The zero-order chi connectivity index (χ0) is 18.5. The topological polar surface area (TPSA) is 75.7 Å². The molecule has 2 aromatic carbocycles. The number of carbonyl (C=O) groups is 1. The molecule has 0 saturated carbocycles. The van der Waals surface area contributed by atoms with E-state index >= 15 is 0 Å². The number of hydrogen-bond acceptors (Lipinski definition) is 4. The molecule has 26 heavy (non-hydrogen) atoms. The number of nitrogens with one attached hydrogen (secondary N) is 1. The minimum Gasteiger partial charge on any atom is -0.497 e. The molecule has 1 N–H and O–H groups in total. The number of nitrogens with zero attached hydrogens (tertiary/aromatic N) is 1. The zero-order valence-corrected chi connectivity index (χ0v) is 15.5. The number of amides is 1. The molecule has 2 aliphatic rings. The highest BCUT2D eigenvalue weighted by Gasteiger charge is 2.33. The highest BCUT2D eigenvalue weighted by molar-refractivity contribution is 7.92. The van der Waals surface area contributed by atoms with Crippen molar-refractivity contribution in [3.8, 4) is 5.75 Å². The number of sulfonamides is 1. The number of carbonyl (C=O) groups excluding carboxylic acids is 1. The van der Waals surface area contributed by atoms with Crippen molar-refractivity contribution >= 4 is 27.3 Å². The van der Waals surface area contributed by atoms with Crippen LogP contribution in [0.5, 0.6) is 5.75 Å². The second-order valence-electron chi connectivity index (χ2n) is 6.88. The molecule has 1 amide bonds. The van der Waals surface area contributed by atoms with Crippen molar-refractivity contribution < 1.29 is 17.9 Å². The Labute approximate surface area is 152 Å². The van der Waals surface area contributed by atoms with Crippen molar-refractivity contribution in [1.82, 2.24) is 0 Å². The number of rotatable bonds is 3. The molecule has 4 rings (SSSR count). The highest BCUT2D eigenvalue weighted by atomic mass is 32.2. The van der Waals surface area contributed by atoms with Crippen LogP contribution in [0.3, 0.4) is 0 Å². The van der Waals surface area contributed by atoms with Crippen LogP contribution in [0.2, 0.25) is 0 Å². The normalized spacial score (nSPS) is 18.9. The summed E-state index contributed by atoms with van der Waals surface area (Å²) in [7, 11) is -2.11. The van der Waals surface area contributed by atoms with Gasteiger partial charge in [-0.15, -0.1) is 0 Å². The highest BCUT2D eigenvalue weighted by Crippen LogP contribution is 2.37. The third-order valence-electron chi connectivity index (χ3n) is 4.89. The van der Waals surface area contributed by atoms with Crippen LogP contribution in [0.4, 0.5) is 11.4 Å². The molecule has 0 aromatic heterocycles. The van der Waals surface area contributed by atoms with E-state index < -0.39 is 10.0 Å². The van der Waals surface area contributed by atoms with E-state index in [4.69, 9.17) is 4.74 Å². The Balaban J connectivity index is 1.78. The van der Waals surface area contributed by atoms with Crippen molar-refractivity contribution in [1.29, 1.82) is 0 Å². The molecule has 1 atom stereocenters. The summed E-state index contributed by atoms with van der Waals surface area (Å²) in [6.45, 7) is 2.46. The summed E-state index contributed by atoms with van der Waals surface area (Å²) in [6, 6.07) is 10.3. The average molecular weight is 372 g/mol. The first-order valence-corrected chi connectivity index (χ1v) is 9.95. The van der Waals surface area contributed by atoms with Crippen molar-refractivity contribution in [3.63, 3.8) is 0 Å². The zero-order valence-electron chi connectivity index (χ0n) is 14.7. The summed E-state index contributed by atoms with van der Waals surface area (Å²) < 4.78 is 33.4. The number of hydrogen-bond donors (Lipinski definition) is 1. The molecule has 0 bridgehead atoms. The summed E-state index contributed by atoms with van der Waals surface area (Å²) in [4.78, 5) is 11.8. The van der Waals surface area contributed by atoms with Crippen LogP contribution in [-0.2, 0) is 27.7 Å². The minimum absolute atomic E-state index is 0.112. The van der Waals surface area contributed by atoms with Crippen LogP contribution >= 0.6 is 0 Å². The van der Waals surface area contributed by atoms with Gasteiger partial charge in [-0.1, -0.05) is 6.92 Å². The Morgan fingerprint density at radius 1 is 1.15 bits per heavy atom. The maximum Gasteiger partial charge on any atom is 0.264 e. The molecule has 6 nitrogen and oxygen atoms in total. The number of anilines is 2. The number of methoxy groups -OCH3 is 1. The van der Waals surface area contributed by atoms with Gasteiger partial charge in [0.05, 0.1) is 24.1 Å². The fourth-order valence-electron chi connectivity index (χ4n) is 3.64. The predicted octanol–water partition coefficient (Wildman–Crippen LogP) is 2.58. The molecular weight excluding hydrogens is 352 g/mol. The largest absolute Gasteiger partial charge is 0.497 e. The summed E-state index contributed by atoms with van der Waals surface area (Å²) in [5, 5.41) is 2.73. The molecule has 7 heteroatoms. The molecule has 0 radical (unpaired) electrons. The van der Waals surface area contributed by atoms with Crippen molar-refractivity contribution in [3.05, 3.63) is 47.5 Å². The van der Waals surface area contributed by atoms with Crippen molar-refractivity contribution in [2.75, 3.05) is 23.3 Å². The first-order valence-electron chi connectivity index (χ1n) is 8.51. The molecule has 2 aromatic rings. The lowest BCUT2D eigenvalue weighted by Crippen LogP contribution is -2.39. The van der Waals surface area contributed by atoms with E-state index in [9.17, 15) is 13.2 Å². The second-order valence-corrected chi connectivity index (χ2v) is 8.75. The van der Waals surface area contributed by atoms with Crippen LogP contribution in [0.25, 0.3) is 0 Å². The van der Waals surface area contributed by atoms with Crippen LogP contribution in [0.1, 0.15) is 18.1 Å². The summed E-state index contributed by atoms with van der Waals surface area (Å²) in [5.41, 5.74) is 3.06.